The van der Waals surface area contributed by atoms with E-state index in [4.69, 9.17) is 11.1 Å². The first kappa shape index (κ1) is 12.8. The zero-order valence-electron chi connectivity index (χ0n) is 10.6. The highest BCUT2D eigenvalue weighted by atomic mass is 15.4. The SMILES string of the molecule is Cc1ccc(N/N=N/c2ccc(C(=N)N)cc2)cc1. The molecule has 0 saturated heterocycles. The van der Waals surface area contributed by atoms with Crippen LogP contribution in [0.4, 0.5) is 11.4 Å². The zero-order chi connectivity index (χ0) is 13.7. The van der Waals surface area contributed by atoms with Crippen LogP contribution in [0.25, 0.3) is 0 Å². The summed E-state index contributed by atoms with van der Waals surface area (Å²) in [6, 6.07) is 14.9. The van der Waals surface area contributed by atoms with Gasteiger partial charge in [-0.25, -0.2) is 0 Å². The summed E-state index contributed by atoms with van der Waals surface area (Å²) >= 11 is 0. The Morgan fingerprint density at radius 2 is 1.68 bits per heavy atom. The van der Waals surface area contributed by atoms with Crippen LogP contribution < -0.4 is 11.2 Å². The van der Waals surface area contributed by atoms with Crippen molar-refractivity contribution in [1.29, 1.82) is 5.41 Å². The van der Waals surface area contributed by atoms with E-state index in [-0.39, 0.29) is 5.84 Å². The number of benzene rings is 2. The van der Waals surface area contributed by atoms with Crippen LogP contribution in [-0.2, 0) is 0 Å². The van der Waals surface area contributed by atoms with Gasteiger partial charge in [0, 0.05) is 5.56 Å². The number of nitrogens with two attached hydrogens (primary N) is 1. The summed E-state index contributed by atoms with van der Waals surface area (Å²) < 4.78 is 0. The Morgan fingerprint density at radius 3 is 2.26 bits per heavy atom. The van der Waals surface area contributed by atoms with Crippen LogP contribution in [0.5, 0.6) is 0 Å². The second-order valence-corrected chi connectivity index (χ2v) is 4.14. The van der Waals surface area contributed by atoms with E-state index in [1.165, 1.54) is 5.56 Å². The third-order valence-corrected chi connectivity index (χ3v) is 2.57. The van der Waals surface area contributed by atoms with E-state index in [0.717, 1.165) is 5.69 Å². The van der Waals surface area contributed by atoms with Gasteiger partial charge in [0.15, 0.2) is 0 Å². The van der Waals surface area contributed by atoms with Gasteiger partial charge >= 0.3 is 0 Å². The maximum absolute atomic E-state index is 7.28. The predicted octanol–water partition coefficient (Wildman–Crippen LogP) is 3.39. The number of hydrogen-bond acceptors (Lipinski definition) is 3. The molecule has 19 heavy (non-hydrogen) atoms. The Labute approximate surface area is 111 Å². The highest BCUT2D eigenvalue weighted by Crippen LogP contribution is 2.14. The number of aryl methyl sites for hydroxylation is 1. The van der Waals surface area contributed by atoms with Gasteiger partial charge in [0.2, 0.25) is 0 Å². The summed E-state index contributed by atoms with van der Waals surface area (Å²) in [6.45, 7) is 2.03. The molecule has 0 amide bonds. The summed E-state index contributed by atoms with van der Waals surface area (Å²) in [5.74, 6) is 0.0428. The first-order valence-corrected chi connectivity index (χ1v) is 5.83. The molecule has 5 heteroatoms. The molecule has 0 radical (unpaired) electrons. The zero-order valence-corrected chi connectivity index (χ0v) is 10.6. The van der Waals surface area contributed by atoms with Gasteiger partial charge in [0.1, 0.15) is 5.84 Å². The highest BCUT2D eigenvalue weighted by Gasteiger charge is 1.95. The van der Waals surface area contributed by atoms with Gasteiger partial charge in [0.25, 0.3) is 0 Å². The van der Waals surface area contributed by atoms with Crippen LogP contribution in [0.1, 0.15) is 11.1 Å². The van der Waals surface area contributed by atoms with Crippen molar-refractivity contribution in [3.8, 4) is 0 Å². The number of amidine groups is 1. The summed E-state index contributed by atoms with van der Waals surface area (Å²) in [4.78, 5) is 0. The molecule has 0 fully saturated rings. The lowest BCUT2D eigenvalue weighted by Gasteiger charge is -2.00. The van der Waals surface area contributed by atoms with E-state index < -0.39 is 0 Å². The highest BCUT2D eigenvalue weighted by molar-refractivity contribution is 5.95. The second kappa shape index (κ2) is 5.77. The Balaban J connectivity index is 1.98. The molecular weight excluding hydrogens is 238 g/mol. The van der Waals surface area contributed by atoms with Gasteiger partial charge in [-0.2, -0.15) is 0 Å². The quantitative estimate of drug-likeness (QED) is 0.337. The Bertz CT molecular complexity index is 584. The van der Waals surface area contributed by atoms with Crippen molar-refractivity contribution in [2.24, 2.45) is 16.1 Å². The summed E-state index contributed by atoms with van der Waals surface area (Å²) in [6.07, 6.45) is 0. The molecule has 0 aliphatic carbocycles. The van der Waals surface area contributed by atoms with Crippen LogP contribution in [0.15, 0.2) is 58.9 Å². The van der Waals surface area contributed by atoms with Crippen molar-refractivity contribution >= 4 is 17.2 Å². The fourth-order valence-electron chi connectivity index (χ4n) is 1.48. The van der Waals surface area contributed by atoms with Gasteiger partial charge in [-0.15, -0.1) is 5.11 Å². The standard InChI is InChI=1S/C14H15N5/c1-10-2-6-12(7-3-10)17-19-18-13-8-4-11(5-9-13)14(15)16/h2-9H,1H3,(H3,15,16)(H,17,18). The molecule has 0 bridgehead atoms. The molecule has 4 N–H and O–H groups in total. The maximum atomic E-state index is 7.28. The summed E-state index contributed by atoms with van der Waals surface area (Å²) in [5, 5.41) is 15.2. The van der Waals surface area contributed by atoms with E-state index in [0.29, 0.717) is 11.3 Å². The molecule has 2 aromatic carbocycles. The van der Waals surface area contributed by atoms with Crippen molar-refractivity contribution in [1.82, 2.24) is 0 Å². The predicted molar refractivity (Wildman–Crippen MR) is 76.8 cm³/mol. The summed E-state index contributed by atoms with van der Waals surface area (Å²) in [7, 11) is 0. The largest absolute Gasteiger partial charge is 0.384 e. The van der Waals surface area contributed by atoms with Crippen molar-refractivity contribution in [3.05, 3.63) is 59.7 Å². The Morgan fingerprint density at radius 1 is 1.05 bits per heavy atom. The van der Waals surface area contributed by atoms with Crippen LogP contribution >= 0.6 is 0 Å². The molecule has 0 aromatic heterocycles. The minimum atomic E-state index is 0.0428. The third-order valence-electron chi connectivity index (χ3n) is 2.57. The number of nitrogens with zero attached hydrogens (tertiary/aromatic N) is 2. The molecule has 0 saturated carbocycles. The first-order chi connectivity index (χ1) is 9.15. The van der Waals surface area contributed by atoms with Crippen LogP contribution in [-0.4, -0.2) is 5.84 Å². The monoisotopic (exact) mass is 253 g/mol. The minimum Gasteiger partial charge on any atom is -0.384 e. The minimum absolute atomic E-state index is 0.0428. The topological polar surface area (TPSA) is 86.6 Å². The van der Waals surface area contributed by atoms with Gasteiger partial charge in [-0.05, 0) is 43.3 Å². The maximum Gasteiger partial charge on any atom is 0.122 e. The molecule has 5 nitrogen and oxygen atoms in total. The van der Waals surface area contributed by atoms with Gasteiger partial charge in [-0.3, -0.25) is 10.8 Å². The molecule has 0 heterocycles. The smallest absolute Gasteiger partial charge is 0.122 e. The number of hydrogen-bond donors (Lipinski definition) is 3. The van der Waals surface area contributed by atoms with Crippen LogP contribution in [0.3, 0.4) is 0 Å². The molecule has 2 aromatic rings. The van der Waals surface area contributed by atoms with Gasteiger partial charge in [-0.1, -0.05) is 22.9 Å². The van der Waals surface area contributed by atoms with Crippen molar-refractivity contribution in [2.75, 3.05) is 5.43 Å². The molecule has 0 unspecified atom stereocenters. The fraction of sp³-hybridized carbons (Fsp3) is 0.0714. The second-order valence-electron chi connectivity index (χ2n) is 4.14. The molecule has 96 valence electrons. The van der Waals surface area contributed by atoms with E-state index in [9.17, 15) is 0 Å². The summed E-state index contributed by atoms with van der Waals surface area (Å²) in [5.41, 5.74) is 11.7. The number of anilines is 1. The van der Waals surface area contributed by atoms with E-state index in [1.807, 2.05) is 31.2 Å². The average molecular weight is 253 g/mol. The molecule has 0 aliphatic heterocycles. The molecular formula is C14H15N5. The average Bonchev–Trinajstić information content (AvgIpc) is 2.41. The lowest BCUT2D eigenvalue weighted by Crippen LogP contribution is -2.10. The normalized spacial score (nSPS) is 10.6. The van der Waals surface area contributed by atoms with Crippen molar-refractivity contribution in [2.45, 2.75) is 6.92 Å². The Hall–Kier alpha value is -2.69. The van der Waals surface area contributed by atoms with Gasteiger partial charge in [0.05, 0.1) is 11.4 Å². The van der Waals surface area contributed by atoms with E-state index in [2.05, 4.69) is 15.8 Å². The van der Waals surface area contributed by atoms with Crippen molar-refractivity contribution < 1.29 is 0 Å². The molecule has 0 aliphatic rings. The molecule has 0 atom stereocenters. The van der Waals surface area contributed by atoms with E-state index >= 15 is 0 Å². The number of nitrogen functional groups attached to an aromatic ring is 1. The lowest BCUT2D eigenvalue weighted by atomic mass is 10.2. The molecule has 0 spiro atoms. The first-order valence-electron chi connectivity index (χ1n) is 5.83. The molecule has 2 rings (SSSR count). The lowest BCUT2D eigenvalue weighted by molar-refractivity contribution is 1.13. The van der Waals surface area contributed by atoms with Crippen LogP contribution in [0.2, 0.25) is 0 Å². The van der Waals surface area contributed by atoms with Crippen molar-refractivity contribution in [3.63, 3.8) is 0 Å². The van der Waals surface area contributed by atoms with Crippen LogP contribution in [0, 0.1) is 12.3 Å². The number of rotatable bonds is 4. The number of nitrogens with one attached hydrogen (secondary N) is 2. The third kappa shape index (κ3) is 3.64. The van der Waals surface area contributed by atoms with E-state index in [1.54, 1.807) is 24.3 Å². The fourth-order valence-corrected chi connectivity index (χ4v) is 1.48. The Kier molecular flexibility index (Phi) is 3.87. The van der Waals surface area contributed by atoms with Gasteiger partial charge < -0.3 is 5.73 Å².